The number of hydrogen-bond donors (Lipinski definition) is 4. The molecule has 0 spiro atoms. The molecule has 0 aliphatic rings. The van der Waals surface area contributed by atoms with Crippen molar-refractivity contribution in [2.45, 2.75) is 24.8 Å². The zero-order valence-corrected chi connectivity index (χ0v) is 13.9. The first-order valence-electron chi connectivity index (χ1n) is 8.18. The van der Waals surface area contributed by atoms with Crippen molar-refractivity contribution in [3.63, 3.8) is 0 Å². The molecule has 25 heavy (non-hydrogen) atoms. The Kier molecular flexibility index (Phi) is 7.13. The van der Waals surface area contributed by atoms with E-state index in [0.717, 1.165) is 11.1 Å². The molecule has 0 fully saturated rings. The molecule has 0 aliphatic heterocycles. The molecule has 1 atom stereocenters. The Balaban J connectivity index is 1.96. The van der Waals surface area contributed by atoms with Gasteiger partial charge in [0.05, 0.1) is 6.04 Å². The van der Waals surface area contributed by atoms with E-state index in [0.29, 0.717) is 6.54 Å². The average molecular weight is 341 g/mol. The molecule has 5 N–H and O–H groups in total. The molecule has 1 unspecified atom stereocenters. The summed E-state index contributed by atoms with van der Waals surface area (Å²) in [5.41, 5.74) is 9.28. The Morgan fingerprint density at radius 1 is 0.960 bits per heavy atom. The first-order valence-corrected chi connectivity index (χ1v) is 8.18. The largest absolute Gasteiger partial charge is 0.355 e. The van der Waals surface area contributed by atoms with E-state index in [1.54, 1.807) is 0 Å². The fourth-order valence-electron chi connectivity index (χ4n) is 2.60. The third-order valence-electron chi connectivity index (χ3n) is 4.04. The molecular weight excluding hydrogens is 318 g/mol. The maximum atomic E-state index is 12.1. The van der Waals surface area contributed by atoms with Crippen LogP contribution in [0.3, 0.4) is 0 Å². The molecule has 0 heterocycles. The van der Waals surface area contributed by atoms with Crippen LogP contribution in [0.4, 0.5) is 0 Å². The van der Waals surface area contributed by atoms with E-state index in [9.17, 15) is 9.59 Å². The molecule has 0 aromatic heterocycles. The molecule has 6 heteroatoms. The van der Waals surface area contributed by atoms with Gasteiger partial charge in [0.25, 0.3) is 5.91 Å². The monoisotopic (exact) mass is 341 g/mol. The fourth-order valence-corrected chi connectivity index (χ4v) is 2.60. The van der Waals surface area contributed by atoms with Crippen molar-refractivity contribution < 1.29 is 14.8 Å². The topological polar surface area (TPSA) is 104 Å². The maximum absolute atomic E-state index is 12.1. The van der Waals surface area contributed by atoms with E-state index >= 15 is 0 Å². The highest BCUT2D eigenvalue weighted by molar-refractivity contribution is 5.82. The van der Waals surface area contributed by atoms with Gasteiger partial charge in [0.15, 0.2) is 0 Å². The minimum absolute atomic E-state index is 0.0424. The van der Waals surface area contributed by atoms with Crippen molar-refractivity contribution in [1.82, 2.24) is 10.8 Å². The van der Waals surface area contributed by atoms with Crippen LogP contribution in [-0.2, 0) is 9.59 Å². The summed E-state index contributed by atoms with van der Waals surface area (Å²) < 4.78 is 0. The number of hydrogen-bond acceptors (Lipinski definition) is 4. The Morgan fingerprint density at radius 3 is 1.96 bits per heavy atom. The van der Waals surface area contributed by atoms with Gasteiger partial charge in [-0.3, -0.25) is 14.8 Å². The highest BCUT2D eigenvalue weighted by Crippen LogP contribution is 2.23. The second kappa shape index (κ2) is 9.56. The van der Waals surface area contributed by atoms with Gasteiger partial charge in [-0.05, 0) is 17.5 Å². The summed E-state index contributed by atoms with van der Waals surface area (Å²) >= 11 is 0. The lowest BCUT2D eigenvalue weighted by atomic mass is 9.91. The van der Waals surface area contributed by atoms with Gasteiger partial charge in [0.1, 0.15) is 0 Å². The zero-order valence-electron chi connectivity index (χ0n) is 13.9. The number of nitrogens with one attached hydrogen (secondary N) is 2. The van der Waals surface area contributed by atoms with Crippen LogP contribution in [0.15, 0.2) is 60.7 Å². The van der Waals surface area contributed by atoms with Crippen LogP contribution in [0.5, 0.6) is 0 Å². The lowest BCUT2D eigenvalue weighted by Gasteiger charge is -2.19. The predicted molar refractivity (Wildman–Crippen MR) is 94.9 cm³/mol. The second-order valence-corrected chi connectivity index (χ2v) is 5.80. The van der Waals surface area contributed by atoms with Crippen LogP contribution in [0.2, 0.25) is 0 Å². The van der Waals surface area contributed by atoms with Gasteiger partial charge in [-0.25, -0.2) is 5.48 Å². The Morgan fingerprint density at radius 2 is 1.48 bits per heavy atom. The summed E-state index contributed by atoms with van der Waals surface area (Å²) in [6.07, 6.45) is 0.282. The Labute approximate surface area is 147 Å². The summed E-state index contributed by atoms with van der Waals surface area (Å²) in [6, 6.07) is 19.0. The van der Waals surface area contributed by atoms with E-state index in [1.807, 2.05) is 60.7 Å². The van der Waals surface area contributed by atoms with Gasteiger partial charge < -0.3 is 11.1 Å². The molecule has 132 valence electrons. The number of carbonyl (C=O) groups is 2. The number of nitrogens with two attached hydrogens (primary N) is 1. The van der Waals surface area contributed by atoms with Crippen molar-refractivity contribution in [3.05, 3.63) is 71.8 Å². The molecule has 0 aliphatic carbocycles. The summed E-state index contributed by atoms with van der Waals surface area (Å²) in [5.74, 6) is -0.835. The van der Waals surface area contributed by atoms with Gasteiger partial charge in [-0.2, -0.15) is 0 Å². The van der Waals surface area contributed by atoms with Crippen LogP contribution < -0.4 is 16.5 Å². The maximum Gasteiger partial charge on any atom is 0.260 e. The van der Waals surface area contributed by atoms with E-state index in [1.165, 1.54) is 5.48 Å². The summed E-state index contributed by atoms with van der Waals surface area (Å²) in [6.45, 7) is 0.453. The first kappa shape index (κ1) is 18.6. The number of benzene rings is 2. The van der Waals surface area contributed by atoms with Crippen molar-refractivity contribution in [3.8, 4) is 0 Å². The van der Waals surface area contributed by atoms with Gasteiger partial charge in [0, 0.05) is 18.9 Å². The zero-order chi connectivity index (χ0) is 18.1. The van der Waals surface area contributed by atoms with Crippen LogP contribution in [0.1, 0.15) is 29.9 Å². The first-order chi connectivity index (χ1) is 12.1. The smallest absolute Gasteiger partial charge is 0.260 e. The van der Waals surface area contributed by atoms with E-state index in [4.69, 9.17) is 10.9 Å². The van der Waals surface area contributed by atoms with Crippen molar-refractivity contribution >= 4 is 11.8 Å². The Bertz CT molecular complexity index is 637. The fraction of sp³-hybridized carbons (Fsp3) is 0.263. The van der Waals surface area contributed by atoms with Crippen LogP contribution >= 0.6 is 0 Å². The third kappa shape index (κ3) is 5.70. The van der Waals surface area contributed by atoms with E-state index in [2.05, 4.69) is 5.32 Å². The molecule has 2 rings (SSSR count). The predicted octanol–water partition coefficient (Wildman–Crippen LogP) is 1.55. The average Bonchev–Trinajstić information content (AvgIpc) is 2.67. The molecule has 0 radical (unpaired) electrons. The molecule has 2 aromatic carbocycles. The minimum Gasteiger partial charge on any atom is -0.355 e. The van der Waals surface area contributed by atoms with Crippen LogP contribution in [0, 0.1) is 0 Å². The van der Waals surface area contributed by atoms with Crippen molar-refractivity contribution in [2.24, 2.45) is 5.73 Å². The second-order valence-electron chi connectivity index (χ2n) is 5.80. The molecular formula is C19H23N3O3. The number of hydroxylamine groups is 1. The molecule has 2 aromatic rings. The summed E-state index contributed by atoms with van der Waals surface area (Å²) in [5, 5.41) is 11.4. The standard InChI is InChI=1S/C19H23N3O3/c20-17(19(24)22-25)11-12-18(23)21-13-16(14-7-3-1-4-8-14)15-9-5-2-6-10-15/h1-10,16-17,25H,11-13,20H2,(H,21,23)(H,22,24). The highest BCUT2D eigenvalue weighted by atomic mass is 16.5. The normalized spacial score (nSPS) is 11.8. The molecule has 0 saturated heterocycles. The van der Waals surface area contributed by atoms with Gasteiger partial charge in [-0.1, -0.05) is 60.7 Å². The number of carbonyl (C=O) groups excluding carboxylic acids is 2. The SMILES string of the molecule is NC(CCC(=O)NCC(c1ccccc1)c1ccccc1)C(=O)NO. The quantitative estimate of drug-likeness (QED) is 0.432. The van der Waals surface area contributed by atoms with Crippen LogP contribution in [-0.4, -0.2) is 29.6 Å². The van der Waals surface area contributed by atoms with Crippen LogP contribution in [0.25, 0.3) is 0 Å². The highest BCUT2D eigenvalue weighted by Gasteiger charge is 2.17. The van der Waals surface area contributed by atoms with Crippen molar-refractivity contribution in [1.29, 1.82) is 0 Å². The van der Waals surface area contributed by atoms with Gasteiger partial charge in [0.2, 0.25) is 5.91 Å². The molecule has 0 bridgehead atoms. The van der Waals surface area contributed by atoms with E-state index in [-0.39, 0.29) is 24.7 Å². The molecule has 6 nitrogen and oxygen atoms in total. The van der Waals surface area contributed by atoms with E-state index < -0.39 is 11.9 Å². The lowest BCUT2D eigenvalue weighted by molar-refractivity contribution is -0.130. The number of rotatable bonds is 8. The van der Waals surface area contributed by atoms with Crippen molar-refractivity contribution in [2.75, 3.05) is 6.54 Å². The minimum atomic E-state index is -0.908. The molecule has 0 saturated carbocycles. The van der Waals surface area contributed by atoms with Gasteiger partial charge >= 0.3 is 0 Å². The van der Waals surface area contributed by atoms with Gasteiger partial charge in [-0.15, -0.1) is 0 Å². The third-order valence-corrected chi connectivity index (χ3v) is 4.04. The summed E-state index contributed by atoms with van der Waals surface area (Å²) in [4.78, 5) is 23.2. The summed E-state index contributed by atoms with van der Waals surface area (Å²) in [7, 11) is 0. The number of amides is 2. The Hall–Kier alpha value is -2.70. The molecule has 2 amide bonds. The lowest BCUT2D eigenvalue weighted by Crippen LogP contribution is -2.40.